The maximum absolute atomic E-state index is 13.3. The van der Waals surface area contributed by atoms with Crippen LogP contribution in [0.3, 0.4) is 0 Å². The minimum absolute atomic E-state index is 0. The standard InChI is InChI=1S/C25H25F3N6O3.ClH/c26-24(27,28)23(36)37-25(32-20(15-34-11-4-5-12-34)16-7-2-1-3-8-16)31-19(22(35)33-25)13-17-14-30-21-18(17)9-6-10-29-21;/h1-3,6-10,13-14,20,31-32H,4-5,11-12,15H2,(H,29,30)(H,33,35);1H/t20-,25?;/m1./s1. The van der Waals surface area contributed by atoms with Crippen LogP contribution >= 0.6 is 12.4 Å². The van der Waals surface area contributed by atoms with Crippen molar-refractivity contribution in [3.63, 3.8) is 0 Å². The first-order valence-corrected chi connectivity index (χ1v) is 11.8. The summed E-state index contributed by atoms with van der Waals surface area (Å²) in [6.07, 6.45) is 1.43. The van der Waals surface area contributed by atoms with Crippen LogP contribution < -0.4 is 16.0 Å². The number of ether oxygens (including phenoxy) is 1. The molecule has 2 aliphatic heterocycles. The number of pyridine rings is 1. The number of hydrogen-bond donors (Lipinski definition) is 4. The molecule has 38 heavy (non-hydrogen) atoms. The molecule has 3 aromatic rings. The second kappa shape index (κ2) is 11.0. The lowest BCUT2D eigenvalue weighted by Crippen LogP contribution is -2.66. The van der Waals surface area contributed by atoms with E-state index >= 15 is 0 Å². The molecule has 202 valence electrons. The number of halogens is 4. The zero-order valence-electron chi connectivity index (χ0n) is 20.0. The molecule has 1 amide bonds. The summed E-state index contributed by atoms with van der Waals surface area (Å²) in [6.45, 7) is 2.10. The van der Waals surface area contributed by atoms with Crippen molar-refractivity contribution in [3.8, 4) is 0 Å². The first kappa shape index (κ1) is 27.4. The van der Waals surface area contributed by atoms with Gasteiger partial charge in [0.25, 0.3) is 5.91 Å². The minimum Gasteiger partial charge on any atom is -0.399 e. The van der Waals surface area contributed by atoms with Crippen LogP contribution in [0.15, 0.2) is 60.6 Å². The SMILES string of the molecule is Cl.O=C1NC(N[C@H](CN2CCCC2)c2ccccc2)(OC(=O)C(F)(F)F)NC1=Cc1c[nH]c2ncccc12. The van der Waals surface area contributed by atoms with Gasteiger partial charge in [0.05, 0.1) is 6.04 Å². The molecule has 1 aromatic carbocycles. The Morgan fingerprint density at radius 1 is 1.16 bits per heavy atom. The summed E-state index contributed by atoms with van der Waals surface area (Å²) in [4.78, 5) is 34.3. The Balaban J connectivity index is 0.00000336. The first-order valence-electron chi connectivity index (χ1n) is 11.8. The van der Waals surface area contributed by atoms with E-state index in [1.807, 2.05) is 18.2 Å². The molecule has 5 rings (SSSR count). The van der Waals surface area contributed by atoms with E-state index in [1.54, 1.807) is 36.7 Å². The van der Waals surface area contributed by atoms with Crippen molar-refractivity contribution in [2.45, 2.75) is 31.0 Å². The van der Waals surface area contributed by atoms with Gasteiger partial charge in [0.1, 0.15) is 11.3 Å². The van der Waals surface area contributed by atoms with E-state index in [4.69, 9.17) is 4.74 Å². The minimum atomic E-state index is -5.27. The first-order chi connectivity index (χ1) is 17.7. The van der Waals surface area contributed by atoms with E-state index in [2.05, 4.69) is 30.8 Å². The number of likely N-dealkylation sites (tertiary alicyclic amines) is 1. The van der Waals surface area contributed by atoms with Crippen molar-refractivity contribution in [3.05, 3.63) is 71.7 Å². The van der Waals surface area contributed by atoms with Gasteiger partial charge in [-0.3, -0.25) is 10.1 Å². The summed E-state index contributed by atoms with van der Waals surface area (Å²) >= 11 is 0. The highest BCUT2D eigenvalue weighted by molar-refractivity contribution is 6.02. The number of alkyl halides is 3. The van der Waals surface area contributed by atoms with Gasteiger partial charge in [-0.15, -0.1) is 12.4 Å². The zero-order valence-corrected chi connectivity index (χ0v) is 20.9. The fourth-order valence-electron chi connectivity index (χ4n) is 4.60. The van der Waals surface area contributed by atoms with Crippen LogP contribution in [0.5, 0.6) is 0 Å². The van der Waals surface area contributed by atoms with E-state index < -0.39 is 30.1 Å². The smallest absolute Gasteiger partial charge is 0.399 e. The predicted octanol–water partition coefficient (Wildman–Crippen LogP) is 3.19. The maximum atomic E-state index is 13.3. The quantitative estimate of drug-likeness (QED) is 0.203. The van der Waals surface area contributed by atoms with Crippen LogP contribution in [0.25, 0.3) is 17.1 Å². The van der Waals surface area contributed by atoms with Crippen LogP contribution in [0, 0.1) is 0 Å². The number of amides is 1. The molecule has 0 spiro atoms. The molecule has 2 aliphatic rings. The van der Waals surface area contributed by atoms with Gasteiger partial charge in [-0.2, -0.15) is 13.2 Å². The summed E-state index contributed by atoms with van der Waals surface area (Å²) in [5.74, 6) is -5.52. The van der Waals surface area contributed by atoms with Crippen LogP contribution in [0.2, 0.25) is 0 Å². The zero-order chi connectivity index (χ0) is 26.0. The molecule has 1 unspecified atom stereocenters. The normalized spacial score (nSPS) is 21.7. The summed E-state index contributed by atoms with van der Waals surface area (Å²) in [5, 5.41) is 8.74. The lowest BCUT2D eigenvalue weighted by molar-refractivity contribution is -0.222. The van der Waals surface area contributed by atoms with Crippen LogP contribution in [-0.4, -0.2) is 58.5 Å². The Labute approximate surface area is 222 Å². The third-order valence-electron chi connectivity index (χ3n) is 6.32. The highest BCUT2D eigenvalue weighted by atomic mass is 35.5. The molecule has 2 aromatic heterocycles. The van der Waals surface area contributed by atoms with E-state index in [0.29, 0.717) is 23.1 Å². The third-order valence-corrected chi connectivity index (χ3v) is 6.32. The molecule has 9 nitrogen and oxygen atoms in total. The van der Waals surface area contributed by atoms with Gasteiger partial charge in [0.2, 0.25) is 0 Å². The van der Waals surface area contributed by atoms with Gasteiger partial charge in [0.15, 0.2) is 0 Å². The average molecular weight is 551 g/mol. The second-order valence-corrected chi connectivity index (χ2v) is 8.96. The monoisotopic (exact) mass is 550 g/mol. The van der Waals surface area contributed by atoms with E-state index in [-0.39, 0.29) is 18.1 Å². The van der Waals surface area contributed by atoms with Gasteiger partial charge >= 0.3 is 18.1 Å². The number of carbonyl (C=O) groups is 2. The van der Waals surface area contributed by atoms with E-state index in [9.17, 15) is 22.8 Å². The molecule has 0 saturated carbocycles. The molecule has 0 radical (unpaired) electrons. The number of fused-ring (bicyclic) bond motifs is 1. The van der Waals surface area contributed by atoms with Gasteiger partial charge in [0, 0.05) is 29.9 Å². The van der Waals surface area contributed by atoms with Crippen molar-refractivity contribution < 1.29 is 27.5 Å². The number of benzene rings is 1. The number of esters is 1. The molecular formula is C25H26ClF3N6O3. The number of aromatic nitrogens is 2. The van der Waals surface area contributed by atoms with Gasteiger partial charge in [-0.05, 0) is 49.7 Å². The number of aromatic amines is 1. The van der Waals surface area contributed by atoms with Crippen molar-refractivity contribution in [1.82, 2.24) is 30.8 Å². The number of rotatable bonds is 7. The molecule has 2 saturated heterocycles. The Kier molecular flexibility index (Phi) is 7.95. The lowest BCUT2D eigenvalue weighted by atomic mass is 10.1. The van der Waals surface area contributed by atoms with Crippen molar-refractivity contribution in [1.29, 1.82) is 0 Å². The molecular weight excluding hydrogens is 525 g/mol. The van der Waals surface area contributed by atoms with Crippen LogP contribution in [0.1, 0.15) is 30.0 Å². The summed E-state index contributed by atoms with van der Waals surface area (Å²) < 4.78 is 44.7. The number of H-pyrrole nitrogens is 1. The van der Waals surface area contributed by atoms with Crippen molar-refractivity contribution >= 4 is 41.4 Å². The summed E-state index contributed by atoms with van der Waals surface area (Å²) in [7, 11) is 0. The second-order valence-electron chi connectivity index (χ2n) is 8.96. The molecule has 2 fully saturated rings. The topological polar surface area (TPSA) is 111 Å². The Morgan fingerprint density at radius 3 is 2.61 bits per heavy atom. The summed E-state index contributed by atoms with van der Waals surface area (Å²) in [5.41, 5.74) is 1.83. The number of nitrogens with one attached hydrogen (secondary N) is 4. The lowest BCUT2D eigenvalue weighted by Gasteiger charge is -2.35. The number of nitrogens with zero attached hydrogens (tertiary/aromatic N) is 2. The van der Waals surface area contributed by atoms with Crippen LogP contribution in [-0.2, 0) is 14.3 Å². The molecule has 0 aliphatic carbocycles. The van der Waals surface area contributed by atoms with Gasteiger partial charge in [-0.1, -0.05) is 30.3 Å². The fraction of sp³-hybridized carbons (Fsp3) is 0.320. The Morgan fingerprint density at radius 2 is 1.89 bits per heavy atom. The van der Waals surface area contributed by atoms with E-state index in [1.165, 1.54) is 6.08 Å². The Bertz CT molecular complexity index is 1330. The maximum Gasteiger partial charge on any atom is 0.491 e. The van der Waals surface area contributed by atoms with Crippen molar-refractivity contribution in [2.24, 2.45) is 0 Å². The number of hydrogen-bond acceptors (Lipinski definition) is 7. The van der Waals surface area contributed by atoms with E-state index in [0.717, 1.165) is 31.5 Å². The average Bonchev–Trinajstić information content (AvgIpc) is 3.59. The summed E-state index contributed by atoms with van der Waals surface area (Å²) in [6, 6.07) is 12.0. The third kappa shape index (κ3) is 5.93. The fourth-order valence-corrected chi connectivity index (χ4v) is 4.60. The highest BCUT2D eigenvalue weighted by Gasteiger charge is 2.52. The van der Waals surface area contributed by atoms with Gasteiger partial charge < -0.3 is 19.9 Å². The number of carbonyl (C=O) groups excluding carboxylic acids is 2. The van der Waals surface area contributed by atoms with Crippen molar-refractivity contribution in [2.75, 3.05) is 19.6 Å². The van der Waals surface area contributed by atoms with Gasteiger partial charge in [-0.25, -0.2) is 15.1 Å². The highest BCUT2D eigenvalue weighted by Crippen LogP contribution is 2.27. The Hall–Kier alpha value is -3.61. The molecule has 13 heteroatoms. The molecule has 4 heterocycles. The molecule has 0 bridgehead atoms. The largest absolute Gasteiger partial charge is 0.491 e. The predicted molar refractivity (Wildman–Crippen MR) is 135 cm³/mol. The molecule has 4 N–H and O–H groups in total. The van der Waals surface area contributed by atoms with Crippen LogP contribution in [0.4, 0.5) is 13.2 Å². The molecule has 2 atom stereocenters.